The van der Waals surface area contributed by atoms with Crippen LogP contribution in [-0.2, 0) is 0 Å². The van der Waals surface area contributed by atoms with Crippen molar-refractivity contribution in [1.29, 1.82) is 0 Å². The van der Waals surface area contributed by atoms with Crippen molar-refractivity contribution in [2.75, 3.05) is 0 Å². The lowest BCUT2D eigenvalue weighted by Crippen LogP contribution is -1.94. The molecule has 0 bridgehead atoms. The number of halogens is 5. The van der Waals surface area contributed by atoms with Crippen LogP contribution in [0, 0.1) is 23.3 Å². The second-order valence-corrected chi connectivity index (χ2v) is 9.98. The molecule has 5 heteroatoms. The highest BCUT2D eigenvalue weighted by Gasteiger charge is 2.18. The van der Waals surface area contributed by atoms with Gasteiger partial charge in [-0.2, -0.15) is 0 Å². The van der Waals surface area contributed by atoms with Crippen LogP contribution in [0.1, 0.15) is 0 Å². The summed E-state index contributed by atoms with van der Waals surface area (Å²) in [5, 5.41) is 0. The molecule has 0 aliphatic heterocycles. The van der Waals surface area contributed by atoms with E-state index in [1.165, 1.54) is 0 Å². The molecule has 0 saturated carbocycles. The number of hydrogen-bond acceptors (Lipinski definition) is 0. The van der Waals surface area contributed by atoms with E-state index in [0.717, 1.165) is 17.2 Å². The van der Waals surface area contributed by atoms with E-state index >= 15 is 0 Å². The third-order valence-electron chi connectivity index (χ3n) is 6.54. The minimum Gasteiger partial charge on any atom is -0.206 e. The molecule has 0 aliphatic carbocycles. The van der Waals surface area contributed by atoms with Crippen molar-refractivity contribution in [2.24, 2.45) is 0 Å². The van der Waals surface area contributed by atoms with Crippen molar-refractivity contribution in [3.05, 3.63) is 167 Å². The summed E-state index contributed by atoms with van der Waals surface area (Å²) in [4.78, 5) is 0. The zero-order chi connectivity index (χ0) is 28.8. The van der Waals surface area contributed by atoms with Crippen LogP contribution >= 0.6 is 15.9 Å². The fourth-order valence-corrected chi connectivity index (χ4v) is 4.91. The van der Waals surface area contributed by atoms with Crippen molar-refractivity contribution >= 4 is 15.9 Å². The first-order valence-electron chi connectivity index (χ1n) is 12.8. The molecule has 202 valence electrons. The van der Waals surface area contributed by atoms with E-state index in [-0.39, 0.29) is 4.47 Å². The van der Waals surface area contributed by atoms with E-state index in [1.54, 1.807) is 36.4 Å². The Hall–Kier alpha value is -4.48. The first-order chi connectivity index (χ1) is 19.9. The van der Waals surface area contributed by atoms with Gasteiger partial charge in [-0.05, 0) is 50.3 Å². The van der Waals surface area contributed by atoms with Crippen molar-refractivity contribution in [3.8, 4) is 44.5 Å². The second-order valence-electron chi connectivity index (χ2n) is 9.19. The van der Waals surface area contributed by atoms with Gasteiger partial charge in [-0.25, -0.2) is 17.6 Å². The third-order valence-corrected chi connectivity index (χ3v) is 7.24. The topological polar surface area (TPSA) is 0 Å². The van der Waals surface area contributed by atoms with Crippen LogP contribution in [0.5, 0.6) is 0 Å². The molecular formula is C36H23BrF4. The Morgan fingerprint density at radius 1 is 0.341 bits per heavy atom. The first-order valence-corrected chi connectivity index (χ1v) is 13.6. The molecule has 6 aromatic carbocycles. The van der Waals surface area contributed by atoms with E-state index in [0.29, 0.717) is 33.4 Å². The van der Waals surface area contributed by atoms with Crippen LogP contribution in [0.3, 0.4) is 0 Å². The Morgan fingerprint density at radius 3 is 0.927 bits per heavy atom. The maximum atomic E-state index is 14.4. The average molecular weight is 611 g/mol. The summed E-state index contributed by atoms with van der Waals surface area (Å²) in [6.45, 7) is 0. The van der Waals surface area contributed by atoms with Crippen LogP contribution in [0.4, 0.5) is 17.6 Å². The standard InChI is InChI=1S/C18H11BrF2.C18H12F2/c19-16-17(20)14(12-7-3-1-4-8-12)11-15(18(16)21)13-9-5-2-6-10-13;19-17-12-18(20)16(14-9-5-2-6-10-14)11-15(17)13-7-3-1-4-8-13/h1-11H;1-12H. The predicted molar refractivity (Wildman–Crippen MR) is 162 cm³/mol. The Morgan fingerprint density at radius 2 is 0.610 bits per heavy atom. The lowest BCUT2D eigenvalue weighted by Gasteiger charge is -2.11. The molecule has 6 rings (SSSR count). The maximum absolute atomic E-state index is 14.4. The van der Waals surface area contributed by atoms with Gasteiger partial charge in [0.05, 0.1) is 4.47 Å². The Bertz CT molecular complexity index is 1630. The SMILES string of the molecule is Fc1c(-c2ccccc2)cc(-c2ccccc2)c(F)c1Br.Fc1cc(F)c(-c2ccccc2)cc1-c1ccccc1. The normalized spacial score (nSPS) is 10.6. The first kappa shape index (κ1) is 28.1. The van der Waals surface area contributed by atoms with Gasteiger partial charge in [0.1, 0.15) is 23.3 Å². The van der Waals surface area contributed by atoms with Crippen molar-refractivity contribution < 1.29 is 17.6 Å². The molecule has 0 heterocycles. The maximum Gasteiger partial charge on any atom is 0.148 e. The van der Waals surface area contributed by atoms with E-state index in [4.69, 9.17) is 0 Å². The van der Waals surface area contributed by atoms with Crippen LogP contribution in [0.15, 0.2) is 144 Å². The largest absolute Gasteiger partial charge is 0.206 e. The summed E-state index contributed by atoms with van der Waals surface area (Å²) < 4.78 is 56.6. The molecule has 0 fully saturated rings. The van der Waals surface area contributed by atoms with Crippen molar-refractivity contribution in [2.45, 2.75) is 0 Å². The molecule has 0 aliphatic rings. The summed E-state index contributed by atoms with van der Waals surface area (Å²) in [5.74, 6) is -2.27. The number of rotatable bonds is 4. The van der Waals surface area contributed by atoms with E-state index in [9.17, 15) is 17.6 Å². The van der Waals surface area contributed by atoms with Gasteiger partial charge in [-0.3, -0.25) is 0 Å². The fourth-order valence-electron chi connectivity index (χ4n) is 4.49. The van der Waals surface area contributed by atoms with Gasteiger partial charge in [0.2, 0.25) is 0 Å². The number of benzene rings is 6. The van der Waals surface area contributed by atoms with Crippen LogP contribution in [0.25, 0.3) is 44.5 Å². The van der Waals surface area contributed by atoms with Crippen LogP contribution in [-0.4, -0.2) is 0 Å². The molecule has 41 heavy (non-hydrogen) atoms. The van der Waals surface area contributed by atoms with Crippen molar-refractivity contribution in [3.63, 3.8) is 0 Å². The second kappa shape index (κ2) is 12.8. The molecule has 0 saturated heterocycles. The summed E-state index contributed by atoms with van der Waals surface area (Å²) in [6, 6.07) is 40.6. The van der Waals surface area contributed by atoms with Gasteiger partial charge < -0.3 is 0 Å². The van der Waals surface area contributed by atoms with Gasteiger partial charge in [-0.15, -0.1) is 0 Å². The van der Waals surface area contributed by atoms with Gasteiger partial charge >= 0.3 is 0 Å². The average Bonchev–Trinajstić information content (AvgIpc) is 3.02. The van der Waals surface area contributed by atoms with E-state index in [2.05, 4.69) is 15.9 Å². The molecule has 0 nitrogen and oxygen atoms in total. The number of hydrogen-bond donors (Lipinski definition) is 0. The highest BCUT2D eigenvalue weighted by atomic mass is 79.9. The lowest BCUT2D eigenvalue weighted by atomic mass is 9.98. The molecule has 0 atom stereocenters. The summed E-state index contributed by atoms with van der Waals surface area (Å²) in [6.07, 6.45) is 0. The monoisotopic (exact) mass is 610 g/mol. The zero-order valence-corrected chi connectivity index (χ0v) is 23.3. The third kappa shape index (κ3) is 6.31. The Kier molecular flexibility index (Phi) is 8.76. The molecule has 6 aromatic rings. The van der Waals surface area contributed by atoms with Crippen LogP contribution < -0.4 is 0 Å². The molecular weight excluding hydrogens is 588 g/mol. The van der Waals surface area contributed by atoms with Crippen molar-refractivity contribution in [1.82, 2.24) is 0 Å². The molecule has 0 amide bonds. The molecule has 0 N–H and O–H groups in total. The Labute approximate surface area is 244 Å². The predicted octanol–water partition coefficient (Wildman–Crippen LogP) is 11.4. The van der Waals surface area contributed by atoms with Gasteiger partial charge in [-0.1, -0.05) is 121 Å². The summed E-state index contributed by atoms with van der Waals surface area (Å²) in [7, 11) is 0. The molecule has 0 radical (unpaired) electrons. The molecule has 0 unspecified atom stereocenters. The van der Waals surface area contributed by atoms with E-state index in [1.807, 2.05) is 97.1 Å². The summed E-state index contributed by atoms with van der Waals surface area (Å²) >= 11 is 3.03. The zero-order valence-electron chi connectivity index (χ0n) is 21.7. The quantitative estimate of drug-likeness (QED) is 0.137. The lowest BCUT2D eigenvalue weighted by molar-refractivity contribution is 0.576. The van der Waals surface area contributed by atoms with Crippen LogP contribution in [0.2, 0.25) is 0 Å². The van der Waals surface area contributed by atoms with Gasteiger partial charge in [0.15, 0.2) is 0 Å². The smallest absolute Gasteiger partial charge is 0.148 e. The van der Waals surface area contributed by atoms with E-state index < -0.39 is 23.3 Å². The molecule has 0 spiro atoms. The van der Waals surface area contributed by atoms with Gasteiger partial charge in [0, 0.05) is 28.3 Å². The summed E-state index contributed by atoms with van der Waals surface area (Å²) in [5.41, 5.74) is 4.48. The highest BCUT2D eigenvalue weighted by Crippen LogP contribution is 2.37. The van der Waals surface area contributed by atoms with Gasteiger partial charge in [0.25, 0.3) is 0 Å². The highest BCUT2D eigenvalue weighted by molar-refractivity contribution is 9.10. The minimum absolute atomic E-state index is 0.136. The minimum atomic E-state index is -0.585. The molecule has 0 aromatic heterocycles. The fraction of sp³-hybridized carbons (Fsp3) is 0. The Balaban J connectivity index is 0.000000165.